The predicted octanol–water partition coefficient (Wildman–Crippen LogP) is 0.982. The Morgan fingerprint density at radius 3 is 2.44 bits per heavy atom. The highest BCUT2D eigenvalue weighted by atomic mass is 32.2. The Kier molecular flexibility index (Phi) is 3.62. The van der Waals surface area contributed by atoms with Crippen molar-refractivity contribution in [1.82, 2.24) is 9.29 Å². The Balaban J connectivity index is 3.14. The largest absolute Gasteiger partial charge is 0.244 e. The molecule has 0 fully saturated rings. The molecule has 0 radical (unpaired) electrons. The van der Waals surface area contributed by atoms with Crippen LogP contribution in [0.4, 0.5) is 0 Å². The Hall–Kier alpha value is -1.45. The van der Waals surface area contributed by atoms with Gasteiger partial charge in [0, 0.05) is 19.3 Å². The summed E-state index contributed by atoms with van der Waals surface area (Å²) in [7, 11) is -1.99. The van der Waals surface area contributed by atoms with Gasteiger partial charge in [0.25, 0.3) is 0 Å². The van der Waals surface area contributed by atoms with Crippen molar-refractivity contribution in [2.45, 2.75) is 24.8 Å². The number of hydrogen-bond acceptors (Lipinski definition) is 4. The minimum atomic E-state index is -3.50. The summed E-state index contributed by atoms with van der Waals surface area (Å²) in [5.41, 5.74) is 0.200. The van der Waals surface area contributed by atoms with Crippen molar-refractivity contribution in [3.05, 3.63) is 24.0 Å². The molecule has 0 saturated heterocycles. The van der Waals surface area contributed by atoms with Crippen LogP contribution in [0.2, 0.25) is 0 Å². The molecule has 1 aromatic rings. The number of rotatable bonds is 3. The first-order valence-electron chi connectivity index (χ1n) is 4.73. The molecule has 16 heavy (non-hydrogen) atoms. The van der Waals surface area contributed by atoms with Gasteiger partial charge in [0.1, 0.15) is 16.7 Å². The molecule has 6 heteroatoms. The zero-order valence-corrected chi connectivity index (χ0v) is 10.2. The molecule has 1 aromatic heterocycles. The van der Waals surface area contributed by atoms with Gasteiger partial charge in [0.05, 0.1) is 0 Å². The first-order chi connectivity index (χ1) is 7.39. The van der Waals surface area contributed by atoms with Crippen molar-refractivity contribution in [2.75, 3.05) is 7.05 Å². The van der Waals surface area contributed by atoms with E-state index in [4.69, 9.17) is 5.26 Å². The number of sulfonamides is 1. The monoisotopic (exact) mass is 239 g/mol. The van der Waals surface area contributed by atoms with E-state index in [-0.39, 0.29) is 16.6 Å². The Morgan fingerprint density at radius 2 is 2.06 bits per heavy atom. The second-order valence-corrected chi connectivity index (χ2v) is 5.60. The SMILES string of the molecule is CC(C)N(C)S(=O)(=O)c1ccc(C#N)nc1. The van der Waals surface area contributed by atoms with Crippen LogP contribution in [0.5, 0.6) is 0 Å². The summed E-state index contributed by atoms with van der Waals surface area (Å²) >= 11 is 0. The highest BCUT2D eigenvalue weighted by molar-refractivity contribution is 7.89. The second kappa shape index (κ2) is 4.60. The second-order valence-electron chi connectivity index (χ2n) is 3.61. The topological polar surface area (TPSA) is 74.1 Å². The van der Waals surface area contributed by atoms with E-state index < -0.39 is 10.0 Å². The molecule has 0 spiro atoms. The maximum Gasteiger partial charge on any atom is 0.244 e. The molecule has 0 amide bonds. The number of pyridine rings is 1. The molecule has 0 N–H and O–H groups in total. The average molecular weight is 239 g/mol. The van der Waals surface area contributed by atoms with Crippen LogP contribution in [0, 0.1) is 11.3 Å². The van der Waals surface area contributed by atoms with Gasteiger partial charge in [-0.3, -0.25) is 0 Å². The fourth-order valence-electron chi connectivity index (χ4n) is 1.04. The first-order valence-corrected chi connectivity index (χ1v) is 6.17. The van der Waals surface area contributed by atoms with Crippen LogP contribution in [0.25, 0.3) is 0 Å². The summed E-state index contributed by atoms with van der Waals surface area (Å²) in [5.74, 6) is 0. The predicted molar refractivity (Wildman–Crippen MR) is 59.0 cm³/mol. The van der Waals surface area contributed by atoms with Crippen LogP contribution < -0.4 is 0 Å². The minimum Gasteiger partial charge on any atom is -0.244 e. The molecule has 0 aliphatic heterocycles. The standard InChI is InChI=1S/C10H13N3O2S/c1-8(2)13(3)16(14,15)10-5-4-9(6-11)12-7-10/h4-5,7-8H,1-3H3. The number of hydrogen-bond donors (Lipinski definition) is 0. The molecule has 1 heterocycles. The Morgan fingerprint density at radius 1 is 1.44 bits per heavy atom. The summed E-state index contributed by atoms with van der Waals surface area (Å²) < 4.78 is 25.2. The zero-order valence-electron chi connectivity index (χ0n) is 9.38. The van der Waals surface area contributed by atoms with Gasteiger partial charge in [-0.05, 0) is 26.0 Å². The third-order valence-corrected chi connectivity index (χ3v) is 4.27. The summed E-state index contributed by atoms with van der Waals surface area (Å²) in [4.78, 5) is 3.84. The van der Waals surface area contributed by atoms with Crippen molar-refractivity contribution in [2.24, 2.45) is 0 Å². The lowest BCUT2D eigenvalue weighted by molar-refractivity contribution is 0.410. The average Bonchev–Trinajstić information content (AvgIpc) is 2.28. The van der Waals surface area contributed by atoms with Gasteiger partial charge in [-0.2, -0.15) is 9.57 Å². The quantitative estimate of drug-likeness (QED) is 0.788. The van der Waals surface area contributed by atoms with E-state index in [0.717, 1.165) is 0 Å². The molecule has 0 aromatic carbocycles. The lowest BCUT2D eigenvalue weighted by Crippen LogP contribution is -2.33. The minimum absolute atomic E-state index is 0.0997. The van der Waals surface area contributed by atoms with Crippen LogP contribution in [-0.4, -0.2) is 30.8 Å². The molecule has 0 aliphatic rings. The van der Waals surface area contributed by atoms with Gasteiger partial charge in [-0.15, -0.1) is 0 Å². The third kappa shape index (κ3) is 2.38. The molecule has 0 unspecified atom stereocenters. The van der Waals surface area contributed by atoms with Crippen LogP contribution in [0.15, 0.2) is 23.2 Å². The Labute approximate surface area is 95.4 Å². The summed E-state index contributed by atoms with van der Waals surface area (Å²) in [6.07, 6.45) is 1.20. The summed E-state index contributed by atoms with van der Waals surface area (Å²) in [5, 5.41) is 8.56. The van der Waals surface area contributed by atoms with Crippen LogP contribution in [-0.2, 0) is 10.0 Å². The first kappa shape index (κ1) is 12.6. The Bertz CT molecular complexity index is 500. The van der Waals surface area contributed by atoms with E-state index in [0.29, 0.717) is 0 Å². The molecule has 5 nitrogen and oxygen atoms in total. The van der Waals surface area contributed by atoms with Crippen LogP contribution >= 0.6 is 0 Å². The highest BCUT2D eigenvalue weighted by Gasteiger charge is 2.23. The van der Waals surface area contributed by atoms with E-state index in [1.807, 2.05) is 6.07 Å². The van der Waals surface area contributed by atoms with E-state index >= 15 is 0 Å². The third-order valence-electron chi connectivity index (χ3n) is 2.26. The molecule has 1 rings (SSSR count). The highest BCUT2D eigenvalue weighted by Crippen LogP contribution is 2.15. The fourth-order valence-corrected chi connectivity index (χ4v) is 2.36. The van der Waals surface area contributed by atoms with Gasteiger partial charge in [0.15, 0.2) is 0 Å². The van der Waals surface area contributed by atoms with Gasteiger partial charge >= 0.3 is 0 Å². The fraction of sp³-hybridized carbons (Fsp3) is 0.400. The van der Waals surface area contributed by atoms with Crippen molar-refractivity contribution >= 4 is 10.0 Å². The zero-order chi connectivity index (χ0) is 12.3. The number of aromatic nitrogens is 1. The lowest BCUT2D eigenvalue weighted by Gasteiger charge is -2.20. The smallest absolute Gasteiger partial charge is 0.244 e. The normalized spacial score (nSPS) is 11.8. The molecule has 0 saturated carbocycles. The molecule has 86 valence electrons. The van der Waals surface area contributed by atoms with Crippen molar-refractivity contribution in [3.63, 3.8) is 0 Å². The summed E-state index contributed by atoms with van der Waals surface area (Å²) in [6, 6.07) is 4.49. The van der Waals surface area contributed by atoms with Crippen molar-refractivity contribution in [1.29, 1.82) is 5.26 Å². The van der Waals surface area contributed by atoms with Crippen LogP contribution in [0.1, 0.15) is 19.5 Å². The molecular formula is C10H13N3O2S. The molecular weight excluding hydrogens is 226 g/mol. The van der Waals surface area contributed by atoms with Gasteiger partial charge in [-0.1, -0.05) is 0 Å². The van der Waals surface area contributed by atoms with Gasteiger partial charge in [-0.25, -0.2) is 13.4 Å². The molecule has 0 bridgehead atoms. The summed E-state index contributed by atoms with van der Waals surface area (Å²) in [6.45, 7) is 3.57. The maximum atomic E-state index is 12.0. The van der Waals surface area contributed by atoms with Gasteiger partial charge in [0.2, 0.25) is 10.0 Å². The lowest BCUT2D eigenvalue weighted by atomic mass is 10.4. The van der Waals surface area contributed by atoms with E-state index in [9.17, 15) is 8.42 Å². The van der Waals surface area contributed by atoms with E-state index in [1.54, 1.807) is 13.8 Å². The van der Waals surface area contributed by atoms with E-state index in [2.05, 4.69) is 4.98 Å². The van der Waals surface area contributed by atoms with E-state index in [1.165, 1.54) is 29.7 Å². The molecule has 0 aliphatic carbocycles. The maximum absolute atomic E-state index is 12.0. The molecule has 0 atom stereocenters. The van der Waals surface area contributed by atoms with Crippen LogP contribution in [0.3, 0.4) is 0 Å². The van der Waals surface area contributed by atoms with Gasteiger partial charge < -0.3 is 0 Å². The van der Waals surface area contributed by atoms with Crippen molar-refractivity contribution in [3.8, 4) is 6.07 Å². The number of nitriles is 1. The number of nitrogens with zero attached hydrogens (tertiary/aromatic N) is 3. The van der Waals surface area contributed by atoms with Crippen molar-refractivity contribution < 1.29 is 8.42 Å².